The lowest BCUT2D eigenvalue weighted by Crippen LogP contribution is -2.33. The smallest absolute Gasteiger partial charge is 0.413 e. The van der Waals surface area contributed by atoms with Crippen LogP contribution in [0.4, 0.5) is 10.6 Å². The molecule has 0 saturated carbocycles. The first kappa shape index (κ1) is 19.5. The number of nitrogens with one attached hydrogen (secondary N) is 1. The van der Waals surface area contributed by atoms with Crippen LogP contribution in [0.2, 0.25) is 0 Å². The number of rotatable bonds is 4. The van der Waals surface area contributed by atoms with Crippen LogP contribution < -0.4 is 10.9 Å². The molecular formula is C18H23N3O5. The number of aromatic nitrogens is 2. The molecule has 1 atom stereocenters. The maximum Gasteiger partial charge on any atom is 0.413 e. The van der Waals surface area contributed by atoms with E-state index in [0.717, 1.165) is 4.57 Å². The first-order valence-corrected chi connectivity index (χ1v) is 8.22. The van der Waals surface area contributed by atoms with E-state index < -0.39 is 23.5 Å². The number of para-hydroxylation sites is 1. The largest absolute Gasteiger partial charge is 0.507 e. The predicted molar refractivity (Wildman–Crippen MR) is 97.0 cm³/mol. The molecule has 0 spiro atoms. The fourth-order valence-corrected chi connectivity index (χ4v) is 2.32. The topological polar surface area (TPSA) is 114 Å². The summed E-state index contributed by atoms with van der Waals surface area (Å²) in [5.74, 6) is -0.329. The molecule has 0 aliphatic carbocycles. The van der Waals surface area contributed by atoms with Gasteiger partial charge in [-0.1, -0.05) is 19.1 Å². The summed E-state index contributed by atoms with van der Waals surface area (Å²) in [5, 5.41) is 22.7. The Bertz CT molecular complexity index is 855. The number of ether oxygens (including phenoxy) is 1. The highest BCUT2D eigenvalue weighted by Gasteiger charge is 2.22. The monoisotopic (exact) mass is 361 g/mol. The van der Waals surface area contributed by atoms with Crippen LogP contribution in [0.3, 0.4) is 0 Å². The van der Waals surface area contributed by atoms with Gasteiger partial charge in [0, 0.05) is 5.56 Å². The van der Waals surface area contributed by atoms with Crippen molar-refractivity contribution in [3.8, 4) is 17.0 Å². The Labute approximate surface area is 151 Å². The van der Waals surface area contributed by atoms with Crippen LogP contribution in [0.15, 0.2) is 35.3 Å². The lowest BCUT2D eigenvalue weighted by Gasteiger charge is -2.21. The molecule has 1 heterocycles. The summed E-state index contributed by atoms with van der Waals surface area (Å²) in [7, 11) is 0. The average molecular weight is 361 g/mol. The highest BCUT2D eigenvalue weighted by atomic mass is 16.6. The number of hydrogen-bond acceptors (Lipinski definition) is 6. The molecule has 0 fully saturated rings. The second kappa shape index (κ2) is 7.57. The number of phenols is 1. The van der Waals surface area contributed by atoms with Crippen molar-refractivity contribution in [1.29, 1.82) is 0 Å². The minimum atomic E-state index is -1.15. The molecule has 0 saturated heterocycles. The summed E-state index contributed by atoms with van der Waals surface area (Å²) in [6.45, 7) is 6.79. The standard InChI is InChI=1S/C18H23N3O5/c1-5-14(23)21-12(11-8-6-7-9-13(11)22)10-19-15(16(21)24)20-17(25)26-18(2,3)4/h6-10,14,22-23H,5H2,1-4H3,(H,19,20,25). The zero-order chi connectivity index (χ0) is 19.5. The Morgan fingerprint density at radius 1 is 1.35 bits per heavy atom. The van der Waals surface area contributed by atoms with E-state index >= 15 is 0 Å². The third kappa shape index (κ3) is 4.40. The molecule has 0 bridgehead atoms. The summed E-state index contributed by atoms with van der Waals surface area (Å²) in [4.78, 5) is 28.7. The number of anilines is 1. The van der Waals surface area contributed by atoms with Gasteiger partial charge in [0.1, 0.15) is 17.6 Å². The van der Waals surface area contributed by atoms with E-state index in [4.69, 9.17) is 4.74 Å². The van der Waals surface area contributed by atoms with Crippen LogP contribution >= 0.6 is 0 Å². The maximum atomic E-state index is 12.8. The first-order valence-electron chi connectivity index (χ1n) is 8.22. The average Bonchev–Trinajstić information content (AvgIpc) is 2.55. The molecule has 1 amide bonds. The van der Waals surface area contributed by atoms with Gasteiger partial charge in [0.05, 0.1) is 11.9 Å². The van der Waals surface area contributed by atoms with Gasteiger partial charge in [0.2, 0.25) is 5.82 Å². The van der Waals surface area contributed by atoms with Gasteiger partial charge >= 0.3 is 6.09 Å². The van der Waals surface area contributed by atoms with Gasteiger partial charge in [-0.15, -0.1) is 0 Å². The Morgan fingerprint density at radius 2 is 2.00 bits per heavy atom. The molecule has 1 aromatic carbocycles. The maximum absolute atomic E-state index is 12.8. The zero-order valence-electron chi connectivity index (χ0n) is 15.2. The van der Waals surface area contributed by atoms with Gasteiger partial charge in [0.15, 0.2) is 0 Å². The zero-order valence-corrected chi connectivity index (χ0v) is 15.2. The van der Waals surface area contributed by atoms with Crippen LogP contribution in [-0.4, -0.2) is 31.5 Å². The molecule has 1 unspecified atom stereocenters. The fourth-order valence-electron chi connectivity index (χ4n) is 2.32. The molecule has 3 N–H and O–H groups in total. The number of amides is 1. The van der Waals surface area contributed by atoms with E-state index in [0.29, 0.717) is 5.56 Å². The van der Waals surface area contributed by atoms with Crippen molar-refractivity contribution >= 4 is 11.9 Å². The summed E-state index contributed by atoms with van der Waals surface area (Å²) in [6, 6.07) is 6.40. The third-order valence-corrected chi connectivity index (χ3v) is 3.46. The van der Waals surface area contributed by atoms with Crippen molar-refractivity contribution in [1.82, 2.24) is 9.55 Å². The molecule has 0 radical (unpaired) electrons. The SMILES string of the molecule is CCC(O)n1c(-c2ccccc2O)cnc(NC(=O)OC(C)(C)C)c1=O. The normalized spacial score (nSPS) is 12.5. The van der Waals surface area contributed by atoms with Crippen LogP contribution in [0.1, 0.15) is 40.3 Å². The van der Waals surface area contributed by atoms with E-state index in [-0.39, 0.29) is 23.7 Å². The van der Waals surface area contributed by atoms with Gasteiger partial charge < -0.3 is 14.9 Å². The van der Waals surface area contributed by atoms with Gasteiger partial charge in [-0.3, -0.25) is 14.7 Å². The number of phenolic OH excluding ortho intramolecular Hbond substituents is 1. The molecule has 8 nitrogen and oxygen atoms in total. The number of aromatic hydroxyl groups is 1. The number of benzene rings is 1. The van der Waals surface area contributed by atoms with Crippen LogP contribution in [0.5, 0.6) is 5.75 Å². The predicted octanol–water partition coefficient (Wildman–Crippen LogP) is 2.86. The number of aliphatic hydroxyl groups is 1. The Hall–Kier alpha value is -2.87. The Balaban J connectivity index is 2.51. The van der Waals surface area contributed by atoms with E-state index in [9.17, 15) is 19.8 Å². The number of hydrogen-bond donors (Lipinski definition) is 3. The minimum absolute atomic E-state index is 0.0568. The minimum Gasteiger partial charge on any atom is -0.507 e. The lowest BCUT2D eigenvalue weighted by molar-refractivity contribution is 0.0633. The summed E-state index contributed by atoms with van der Waals surface area (Å²) >= 11 is 0. The van der Waals surface area contributed by atoms with Gasteiger partial charge in [-0.2, -0.15) is 0 Å². The highest BCUT2D eigenvalue weighted by Crippen LogP contribution is 2.29. The van der Waals surface area contributed by atoms with Crippen molar-refractivity contribution in [2.75, 3.05) is 5.32 Å². The molecule has 2 rings (SSSR count). The highest BCUT2D eigenvalue weighted by molar-refractivity contribution is 5.83. The molecule has 0 aliphatic heterocycles. The summed E-state index contributed by atoms with van der Waals surface area (Å²) in [6.07, 6.45) is -0.424. The van der Waals surface area contributed by atoms with E-state index in [2.05, 4.69) is 10.3 Å². The van der Waals surface area contributed by atoms with Crippen LogP contribution in [0, 0.1) is 0 Å². The van der Waals surface area contributed by atoms with E-state index in [1.807, 2.05) is 0 Å². The second-order valence-electron chi connectivity index (χ2n) is 6.70. The van der Waals surface area contributed by atoms with Crippen molar-refractivity contribution in [3.63, 3.8) is 0 Å². The Morgan fingerprint density at radius 3 is 2.58 bits per heavy atom. The molecule has 2 aromatic rings. The van der Waals surface area contributed by atoms with Crippen molar-refractivity contribution in [3.05, 3.63) is 40.8 Å². The molecule has 26 heavy (non-hydrogen) atoms. The van der Waals surface area contributed by atoms with Crippen LogP contribution in [0.25, 0.3) is 11.3 Å². The van der Waals surface area contributed by atoms with E-state index in [1.165, 1.54) is 12.3 Å². The van der Waals surface area contributed by atoms with Crippen LogP contribution in [-0.2, 0) is 4.74 Å². The molecule has 140 valence electrons. The van der Waals surface area contributed by atoms with Gasteiger partial charge in [-0.25, -0.2) is 9.78 Å². The number of carbonyl (C=O) groups excluding carboxylic acids is 1. The molecule has 0 aliphatic rings. The van der Waals surface area contributed by atoms with E-state index in [1.54, 1.807) is 45.9 Å². The quantitative estimate of drug-likeness (QED) is 0.772. The number of aliphatic hydroxyl groups excluding tert-OH is 1. The van der Waals surface area contributed by atoms with Crippen molar-refractivity contribution < 1.29 is 19.7 Å². The van der Waals surface area contributed by atoms with Gasteiger partial charge in [-0.05, 0) is 39.3 Å². The van der Waals surface area contributed by atoms with Gasteiger partial charge in [0.25, 0.3) is 5.56 Å². The fraction of sp³-hybridized carbons (Fsp3) is 0.389. The third-order valence-electron chi connectivity index (χ3n) is 3.46. The lowest BCUT2D eigenvalue weighted by atomic mass is 10.1. The number of carbonyl (C=O) groups is 1. The summed E-state index contributed by atoms with van der Waals surface area (Å²) in [5.41, 5.74) is -0.862. The second-order valence-corrected chi connectivity index (χ2v) is 6.70. The molecular weight excluding hydrogens is 338 g/mol. The number of nitrogens with zero attached hydrogens (tertiary/aromatic N) is 2. The Kier molecular flexibility index (Phi) is 5.66. The summed E-state index contributed by atoms with van der Waals surface area (Å²) < 4.78 is 6.19. The molecule has 1 aromatic heterocycles. The van der Waals surface area contributed by atoms with Crippen molar-refractivity contribution in [2.45, 2.75) is 45.9 Å². The molecule has 8 heteroatoms. The van der Waals surface area contributed by atoms with Crippen molar-refractivity contribution in [2.24, 2.45) is 0 Å². The first-order chi connectivity index (χ1) is 12.1.